The van der Waals surface area contributed by atoms with E-state index in [1.165, 1.54) is 0 Å². The number of amides is 1. The van der Waals surface area contributed by atoms with Crippen molar-refractivity contribution in [1.29, 1.82) is 0 Å². The van der Waals surface area contributed by atoms with Crippen LogP contribution in [0.1, 0.15) is 35.3 Å². The van der Waals surface area contributed by atoms with Crippen LogP contribution in [0.5, 0.6) is 0 Å². The Morgan fingerprint density at radius 1 is 1.50 bits per heavy atom. The quantitative estimate of drug-likeness (QED) is 0.842. The van der Waals surface area contributed by atoms with E-state index in [1.807, 2.05) is 11.8 Å². The van der Waals surface area contributed by atoms with Gasteiger partial charge >= 0.3 is 5.97 Å². The van der Waals surface area contributed by atoms with Gasteiger partial charge in [0.25, 0.3) is 5.91 Å². The molecule has 0 spiro atoms. The molecular formula is C14H19N3O3. The topological polar surface area (TPSA) is 96.5 Å². The van der Waals surface area contributed by atoms with Crippen molar-refractivity contribution < 1.29 is 14.7 Å². The first-order valence-electron chi connectivity index (χ1n) is 6.71. The summed E-state index contributed by atoms with van der Waals surface area (Å²) >= 11 is 0. The fourth-order valence-electron chi connectivity index (χ4n) is 2.56. The SMILES string of the molecule is Cc1ccc(C(N)=O)c(N2CCC(CCC(=O)O)C2)n1. The number of carbonyl (C=O) groups excluding carboxylic acids is 1. The van der Waals surface area contributed by atoms with E-state index in [0.29, 0.717) is 23.7 Å². The molecule has 1 aliphatic heterocycles. The highest BCUT2D eigenvalue weighted by Gasteiger charge is 2.26. The smallest absolute Gasteiger partial charge is 0.303 e. The Bertz CT molecular complexity index is 530. The monoisotopic (exact) mass is 277 g/mol. The van der Waals surface area contributed by atoms with E-state index >= 15 is 0 Å². The van der Waals surface area contributed by atoms with Crippen molar-refractivity contribution >= 4 is 17.7 Å². The van der Waals surface area contributed by atoms with Crippen LogP contribution in [-0.2, 0) is 4.79 Å². The highest BCUT2D eigenvalue weighted by molar-refractivity contribution is 5.97. The first-order chi connectivity index (χ1) is 9.47. The van der Waals surface area contributed by atoms with Crippen LogP contribution in [-0.4, -0.2) is 35.1 Å². The largest absolute Gasteiger partial charge is 0.481 e. The number of aryl methyl sites for hydroxylation is 1. The standard InChI is InChI=1S/C14H19N3O3/c1-9-2-4-11(13(15)20)14(16-9)17-7-6-10(8-17)3-5-12(18)19/h2,4,10H,3,5-8H2,1H3,(H2,15,20)(H,18,19). The average molecular weight is 277 g/mol. The number of nitrogens with zero attached hydrogens (tertiary/aromatic N) is 2. The number of hydrogen-bond acceptors (Lipinski definition) is 4. The Labute approximate surface area is 117 Å². The Kier molecular flexibility index (Phi) is 4.22. The molecule has 0 saturated carbocycles. The van der Waals surface area contributed by atoms with E-state index in [-0.39, 0.29) is 6.42 Å². The van der Waals surface area contributed by atoms with Crippen LogP contribution in [0.15, 0.2) is 12.1 Å². The van der Waals surface area contributed by atoms with Crippen molar-refractivity contribution in [3.05, 3.63) is 23.4 Å². The van der Waals surface area contributed by atoms with Gasteiger partial charge < -0.3 is 15.7 Å². The van der Waals surface area contributed by atoms with E-state index < -0.39 is 11.9 Å². The molecule has 1 atom stereocenters. The Balaban J connectivity index is 2.11. The number of carbonyl (C=O) groups is 2. The maximum absolute atomic E-state index is 11.5. The summed E-state index contributed by atoms with van der Waals surface area (Å²) in [6.07, 6.45) is 1.76. The van der Waals surface area contributed by atoms with Gasteiger partial charge in [0.1, 0.15) is 5.82 Å². The number of aliphatic carboxylic acids is 1. The maximum Gasteiger partial charge on any atom is 0.303 e. The summed E-state index contributed by atoms with van der Waals surface area (Å²) in [4.78, 5) is 28.5. The summed E-state index contributed by atoms with van der Waals surface area (Å²) in [6.45, 7) is 3.37. The molecule has 0 radical (unpaired) electrons. The van der Waals surface area contributed by atoms with Gasteiger partial charge in [-0.2, -0.15) is 0 Å². The highest BCUT2D eigenvalue weighted by Crippen LogP contribution is 2.27. The molecule has 1 amide bonds. The van der Waals surface area contributed by atoms with Crippen molar-refractivity contribution in [2.75, 3.05) is 18.0 Å². The lowest BCUT2D eigenvalue weighted by Crippen LogP contribution is -2.25. The van der Waals surface area contributed by atoms with Crippen LogP contribution in [0.3, 0.4) is 0 Å². The van der Waals surface area contributed by atoms with Crippen LogP contribution in [0.25, 0.3) is 0 Å². The minimum Gasteiger partial charge on any atom is -0.481 e. The van der Waals surface area contributed by atoms with Crippen molar-refractivity contribution in [1.82, 2.24) is 4.98 Å². The van der Waals surface area contributed by atoms with Crippen LogP contribution in [0.4, 0.5) is 5.82 Å². The third-order valence-electron chi connectivity index (χ3n) is 3.63. The molecule has 1 aromatic heterocycles. The second-order valence-electron chi connectivity index (χ2n) is 5.22. The van der Waals surface area contributed by atoms with Gasteiger partial charge in [0.2, 0.25) is 0 Å². The number of hydrogen-bond donors (Lipinski definition) is 2. The van der Waals surface area contributed by atoms with Gasteiger partial charge in [-0.1, -0.05) is 0 Å². The van der Waals surface area contributed by atoms with Crippen LogP contribution in [0, 0.1) is 12.8 Å². The van der Waals surface area contributed by atoms with Gasteiger partial charge in [0, 0.05) is 25.2 Å². The van der Waals surface area contributed by atoms with Crippen LogP contribution in [0.2, 0.25) is 0 Å². The lowest BCUT2D eigenvalue weighted by atomic mass is 10.0. The Morgan fingerprint density at radius 2 is 2.25 bits per heavy atom. The molecule has 108 valence electrons. The molecule has 6 heteroatoms. The number of rotatable bonds is 5. The zero-order valence-electron chi connectivity index (χ0n) is 11.5. The van der Waals surface area contributed by atoms with Crippen LogP contribution >= 0.6 is 0 Å². The third kappa shape index (κ3) is 3.26. The predicted molar refractivity (Wildman–Crippen MR) is 74.7 cm³/mol. The summed E-state index contributed by atoms with van der Waals surface area (Å²) in [7, 11) is 0. The molecule has 3 N–H and O–H groups in total. The molecule has 0 aromatic carbocycles. The van der Waals surface area contributed by atoms with Gasteiger partial charge in [-0.25, -0.2) is 4.98 Å². The minimum absolute atomic E-state index is 0.183. The zero-order valence-corrected chi connectivity index (χ0v) is 11.5. The molecule has 1 aliphatic rings. The molecule has 0 aliphatic carbocycles. The van der Waals surface area contributed by atoms with Crippen molar-refractivity contribution in [3.8, 4) is 0 Å². The predicted octanol–water partition coefficient (Wildman–Crippen LogP) is 1.18. The second kappa shape index (κ2) is 5.90. The number of nitrogens with two attached hydrogens (primary N) is 1. The van der Waals surface area contributed by atoms with Gasteiger partial charge in [0.05, 0.1) is 5.56 Å². The molecule has 6 nitrogen and oxygen atoms in total. The molecule has 0 bridgehead atoms. The molecule has 1 aromatic rings. The lowest BCUT2D eigenvalue weighted by molar-refractivity contribution is -0.137. The van der Waals surface area contributed by atoms with E-state index in [4.69, 9.17) is 10.8 Å². The third-order valence-corrected chi connectivity index (χ3v) is 3.63. The molecule has 1 saturated heterocycles. The summed E-state index contributed by atoms with van der Waals surface area (Å²) in [5.41, 5.74) is 6.64. The van der Waals surface area contributed by atoms with Crippen LogP contribution < -0.4 is 10.6 Å². The summed E-state index contributed by atoms with van der Waals surface area (Å²) in [6, 6.07) is 3.46. The van der Waals surface area contributed by atoms with Gasteiger partial charge in [0.15, 0.2) is 0 Å². The summed E-state index contributed by atoms with van der Waals surface area (Å²) < 4.78 is 0. The van der Waals surface area contributed by atoms with Crippen molar-refractivity contribution in [3.63, 3.8) is 0 Å². The normalized spacial score (nSPS) is 18.2. The summed E-state index contributed by atoms with van der Waals surface area (Å²) in [5.74, 6) is -0.305. The van der Waals surface area contributed by atoms with E-state index in [2.05, 4.69) is 4.98 Å². The fourth-order valence-corrected chi connectivity index (χ4v) is 2.56. The first kappa shape index (κ1) is 14.3. The molecule has 2 heterocycles. The number of carboxylic acids is 1. The minimum atomic E-state index is -0.769. The first-order valence-corrected chi connectivity index (χ1v) is 6.71. The maximum atomic E-state index is 11.5. The van der Waals surface area contributed by atoms with Crippen molar-refractivity contribution in [2.24, 2.45) is 11.7 Å². The highest BCUT2D eigenvalue weighted by atomic mass is 16.4. The molecule has 2 rings (SSSR count). The lowest BCUT2D eigenvalue weighted by Gasteiger charge is -2.20. The average Bonchev–Trinajstić information content (AvgIpc) is 2.84. The molecule has 1 fully saturated rings. The van der Waals surface area contributed by atoms with E-state index in [9.17, 15) is 9.59 Å². The number of pyridine rings is 1. The second-order valence-corrected chi connectivity index (χ2v) is 5.22. The van der Waals surface area contributed by atoms with Gasteiger partial charge in [-0.15, -0.1) is 0 Å². The molecular weight excluding hydrogens is 258 g/mol. The fraction of sp³-hybridized carbons (Fsp3) is 0.500. The van der Waals surface area contributed by atoms with Gasteiger partial charge in [-0.05, 0) is 37.8 Å². The molecule has 20 heavy (non-hydrogen) atoms. The number of aromatic nitrogens is 1. The van der Waals surface area contributed by atoms with E-state index in [0.717, 1.165) is 25.2 Å². The number of carboxylic acid groups (broad SMARTS) is 1. The zero-order chi connectivity index (χ0) is 14.7. The number of primary amides is 1. The number of anilines is 1. The van der Waals surface area contributed by atoms with E-state index in [1.54, 1.807) is 12.1 Å². The molecule has 1 unspecified atom stereocenters. The van der Waals surface area contributed by atoms with Gasteiger partial charge in [-0.3, -0.25) is 9.59 Å². The Morgan fingerprint density at radius 3 is 2.90 bits per heavy atom. The van der Waals surface area contributed by atoms with Crippen molar-refractivity contribution in [2.45, 2.75) is 26.2 Å². The summed E-state index contributed by atoms with van der Waals surface area (Å²) in [5, 5.41) is 8.72. The Hall–Kier alpha value is -2.11.